The van der Waals surface area contributed by atoms with Crippen molar-refractivity contribution < 1.29 is 32.2 Å². The summed E-state index contributed by atoms with van der Waals surface area (Å²) in [4.78, 5) is 26.0. The molecule has 2 N–H and O–H groups in total. The zero-order chi connectivity index (χ0) is 22.4. The van der Waals surface area contributed by atoms with Gasteiger partial charge < -0.3 is 25.0 Å². The van der Waals surface area contributed by atoms with Crippen molar-refractivity contribution in [2.24, 2.45) is 0 Å². The summed E-state index contributed by atoms with van der Waals surface area (Å²) in [6, 6.07) is 7.43. The van der Waals surface area contributed by atoms with Crippen molar-refractivity contribution in [3.05, 3.63) is 35.9 Å². The molecular formula is C21H28F3N3O4. The minimum Gasteiger partial charge on any atom is -0.382 e. The van der Waals surface area contributed by atoms with Crippen molar-refractivity contribution in [2.45, 2.75) is 49.5 Å². The minimum atomic E-state index is -4.99. The fourth-order valence-electron chi connectivity index (χ4n) is 4.22. The highest BCUT2D eigenvalue weighted by Gasteiger charge is 2.43. The lowest BCUT2D eigenvalue weighted by atomic mass is 9.85. The topological polar surface area (TPSA) is 79.9 Å². The number of ether oxygens (including phenoxy) is 2. The molecule has 0 radical (unpaired) electrons. The Balaban J connectivity index is 1.71. The molecule has 1 aromatic carbocycles. The Morgan fingerprint density at radius 2 is 2.00 bits per heavy atom. The van der Waals surface area contributed by atoms with Crippen LogP contribution in [0.5, 0.6) is 0 Å². The van der Waals surface area contributed by atoms with Crippen molar-refractivity contribution in [1.82, 2.24) is 15.5 Å². The average Bonchev–Trinajstić information content (AvgIpc) is 3.28. The van der Waals surface area contributed by atoms with E-state index in [1.165, 1.54) is 12.0 Å². The predicted molar refractivity (Wildman–Crippen MR) is 107 cm³/mol. The summed E-state index contributed by atoms with van der Waals surface area (Å²) < 4.78 is 49.5. The van der Waals surface area contributed by atoms with Crippen LogP contribution in [0.3, 0.4) is 0 Å². The van der Waals surface area contributed by atoms with Gasteiger partial charge in [0.1, 0.15) is 0 Å². The van der Waals surface area contributed by atoms with Crippen LogP contribution in [0.25, 0.3) is 0 Å². The first-order chi connectivity index (χ1) is 14.8. The second kappa shape index (κ2) is 10.3. The van der Waals surface area contributed by atoms with Gasteiger partial charge in [-0.05, 0) is 24.8 Å². The largest absolute Gasteiger partial charge is 0.471 e. The van der Waals surface area contributed by atoms with Crippen LogP contribution >= 0.6 is 0 Å². The van der Waals surface area contributed by atoms with E-state index in [1.54, 1.807) is 12.1 Å². The maximum atomic E-state index is 12.9. The van der Waals surface area contributed by atoms with E-state index in [1.807, 2.05) is 18.2 Å². The molecular weight excluding hydrogens is 415 g/mol. The molecule has 2 heterocycles. The summed E-state index contributed by atoms with van der Waals surface area (Å²) in [5.41, 5.74) is 0.826. The molecule has 3 rings (SSSR count). The van der Waals surface area contributed by atoms with Gasteiger partial charge in [-0.15, -0.1) is 0 Å². The maximum Gasteiger partial charge on any atom is 0.471 e. The second-order valence-corrected chi connectivity index (χ2v) is 7.89. The molecule has 2 aliphatic rings. The lowest BCUT2D eigenvalue weighted by Crippen LogP contribution is -2.59. The number of hydrogen-bond acceptors (Lipinski definition) is 4. The fourth-order valence-corrected chi connectivity index (χ4v) is 4.22. The van der Waals surface area contributed by atoms with Crippen molar-refractivity contribution in [3.63, 3.8) is 0 Å². The van der Waals surface area contributed by atoms with Gasteiger partial charge in [-0.1, -0.05) is 30.3 Å². The van der Waals surface area contributed by atoms with Gasteiger partial charge in [0.05, 0.1) is 24.8 Å². The van der Waals surface area contributed by atoms with Gasteiger partial charge in [0.25, 0.3) is 0 Å². The van der Waals surface area contributed by atoms with E-state index in [2.05, 4.69) is 10.6 Å². The van der Waals surface area contributed by atoms with Gasteiger partial charge in [0, 0.05) is 32.7 Å². The van der Waals surface area contributed by atoms with Gasteiger partial charge >= 0.3 is 18.1 Å². The number of carbonyl (C=O) groups is 2. The van der Waals surface area contributed by atoms with E-state index in [9.17, 15) is 22.8 Å². The van der Waals surface area contributed by atoms with E-state index in [-0.39, 0.29) is 31.2 Å². The van der Waals surface area contributed by atoms with Gasteiger partial charge in [-0.25, -0.2) is 4.79 Å². The number of nitrogens with one attached hydrogen (secondary N) is 2. The lowest BCUT2D eigenvalue weighted by Gasteiger charge is -2.40. The maximum absolute atomic E-state index is 12.9. The van der Waals surface area contributed by atoms with E-state index in [4.69, 9.17) is 9.47 Å². The quantitative estimate of drug-likeness (QED) is 0.708. The molecule has 7 nitrogen and oxygen atoms in total. The number of alkyl halides is 3. The average molecular weight is 443 g/mol. The molecule has 172 valence electrons. The fraction of sp³-hybridized carbons (Fsp3) is 0.619. The molecule has 0 aliphatic carbocycles. The second-order valence-electron chi connectivity index (χ2n) is 7.89. The molecule has 0 aromatic heterocycles. The Morgan fingerprint density at radius 1 is 1.26 bits per heavy atom. The number of hydrogen-bond donors (Lipinski definition) is 2. The van der Waals surface area contributed by atoms with Gasteiger partial charge in [0.2, 0.25) is 0 Å². The van der Waals surface area contributed by atoms with E-state index < -0.39 is 24.2 Å². The normalized spacial score (nSPS) is 25.2. The number of urea groups is 1. The third-order valence-electron chi connectivity index (χ3n) is 5.77. The number of amides is 3. The first-order valence-corrected chi connectivity index (χ1v) is 10.4. The standard InChI is InChI=1S/C21H28F3N3O4/c1-30-13-17(18-8-5-11-31-18)26-20(29)27-10-9-15(14-6-3-2-4-7-14)16(12-27)25-19(28)21(22,23)24/h2-4,6-7,15-18H,5,8-13H2,1H3,(H,25,28)(H,26,29)/t15-,16-,17?,18?/m1/s1. The predicted octanol–water partition coefficient (Wildman–Crippen LogP) is 2.43. The molecule has 0 spiro atoms. The smallest absolute Gasteiger partial charge is 0.382 e. The lowest BCUT2D eigenvalue weighted by molar-refractivity contribution is -0.174. The number of piperidine rings is 1. The number of carbonyl (C=O) groups excluding carboxylic acids is 2. The summed E-state index contributed by atoms with van der Waals surface area (Å²) >= 11 is 0. The third kappa shape index (κ3) is 6.10. The van der Waals surface area contributed by atoms with Crippen molar-refractivity contribution in [3.8, 4) is 0 Å². The number of likely N-dealkylation sites (tertiary alicyclic amines) is 1. The number of methoxy groups -OCH3 is 1. The van der Waals surface area contributed by atoms with Crippen LogP contribution in [0, 0.1) is 0 Å². The molecule has 2 fully saturated rings. The van der Waals surface area contributed by atoms with Crippen LogP contribution in [0.4, 0.5) is 18.0 Å². The van der Waals surface area contributed by atoms with E-state index in [0.29, 0.717) is 19.6 Å². The summed E-state index contributed by atoms with van der Waals surface area (Å²) in [6.45, 7) is 1.22. The van der Waals surface area contributed by atoms with E-state index in [0.717, 1.165) is 18.4 Å². The van der Waals surface area contributed by atoms with Crippen LogP contribution in [0.2, 0.25) is 0 Å². The molecule has 10 heteroatoms. The first-order valence-electron chi connectivity index (χ1n) is 10.4. The van der Waals surface area contributed by atoms with Crippen LogP contribution < -0.4 is 10.6 Å². The Hall–Kier alpha value is -2.33. The van der Waals surface area contributed by atoms with Crippen LogP contribution in [0.15, 0.2) is 30.3 Å². The Morgan fingerprint density at radius 3 is 2.61 bits per heavy atom. The monoisotopic (exact) mass is 443 g/mol. The number of benzene rings is 1. The summed E-state index contributed by atoms with van der Waals surface area (Å²) in [6.07, 6.45) is -3.03. The number of halogens is 3. The Labute approximate surface area is 179 Å². The molecule has 1 aromatic rings. The number of nitrogens with zero attached hydrogens (tertiary/aromatic N) is 1. The van der Waals surface area contributed by atoms with Crippen molar-refractivity contribution in [2.75, 3.05) is 33.4 Å². The zero-order valence-electron chi connectivity index (χ0n) is 17.4. The SMILES string of the molecule is COCC(NC(=O)N1CC[C@H](c2ccccc2)[C@H](NC(=O)C(F)(F)F)C1)C1CCCO1. The molecule has 2 saturated heterocycles. The van der Waals surface area contributed by atoms with Crippen LogP contribution in [-0.2, 0) is 14.3 Å². The zero-order valence-corrected chi connectivity index (χ0v) is 17.4. The van der Waals surface area contributed by atoms with Gasteiger partial charge in [-0.3, -0.25) is 4.79 Å². The third-order valence-corrected chi connectivity index (χ3v) is 5.77. The van der Waals surface area contributed by atoms with Gasteiger partial charge in [0.15, 0.2) is 0 Å². The highest BCUT2D eigenvalue weighted by atomic mass is 19.4. The molecule has 4 atom stereocenters. The summed E-state index contributed by atoms with van der Waals surface area (Å²) in [5, 5.41) is 4.98. The van der Waals surface area contributed by atoms with Crippen molar-refractivity contribution in [1.29, 1.82) is 0 Å². The van der Waals surface area contributed by atoms with Crippen LogP contribution in [-0.4, -0.2) is 74.6 Å². The highest BCUT2D eigenvalue weighted by Crippen LogP contribution is 2.29. The molecule has 2 unspecified atom stereocenters. The van der Waals surface area contributed by atoms with Crippen molar-refractivity contribution >= 4 is 11.9 Å². The molecule has 31 heavy (non-hydrogen) atoms. The highest BCUT2D eigenvalue weighted by molar-refractivity contribution is 5.82. The molecule has 3 amide bonds. The summed E-state index contributed by atoms with van der Waals surface area (Å²) in [5.74, 6) is -2.33. The Kier molecular flexibility index (Phi) is 7.77. The first kappa shape index (κ1) is 23.3. The Bertz CT molecular complexity index is 741. The molecule has 0 bridgehead atoms. The minimum absolute atomic E-state index is 0.0293. The van der Waals surface area contributed by atoms with Gasteiger partial charge in [-0.2, -0.15) is 13.2 Å². The summed E-state index contributed by atoms with van der Waals surface area (Å²) in [7, 11) is 1.53. The molecule has 0 saturated carbocycles. The number of rotatable bonds is 6. The molecule has 2 aliphatic heterocycles. The van der Waals surface area contributed by atoms with Crippen LogP contribution in [0.1, 0.15) is 30.7 Å². The van der Waals surface area contributed by atoms with E-state index >= 15 is 0 Å².